The summed E-state index contributed by atoms with van der Waals surface area (Å²) in [5.74, 6) is 0.628. The average molecular weight is 276 g/mol. The van der Waals surface area contributed by atoms with Crippen molar-refractivity contribution in [2.45, 2.75) is 44.9 Å². The lowest BCUT2D eigenvalue weighted by Crippen LogP contribution is -2.46. The maximum absolute atomic E-state index is 11.7. The summed E-state index contributed by atoms with van der Waals surface area (Å²) in [7, 11) is -2.93. The van der Waals surface area contributed by atoms with E-state index >= 15 is 0 Å². The molecule has 0 aromatic heterocycles. The molecule has 0 aliphatic carbocycles. The molecule has 6 heteroatoms. The van der Waals surface area contributed by atoms with Gasteiger partial charge >= 0.3 is 0 Å². The molecule has 0 saturated carbocycles. The second kappa shape index (κ2) is 6.52. The van der Waals surface area contributed by atoms with Gasteiger partial charge in [0.25, 0.3) is 0 Å². The van der Waals surface area contributed by atoms with Gasteiger partial charge in [-0.1, -0.05) is 13.8 Å². The Balaban J connectivity index is 2.32. The van der Waals surface area contributed by atoms with Crippen molar-refractivity contribution in [2.24, 2.45) is 5.92 Å². The molecule has 1 amide bonds. The van der Waals surface area contributed by atoms with Crippen molar-refractivity contribution in [3.05, 3.63) is 0 Å². The van der Waals surface area contributed by atoms with Crippen molar-refractivity contribution in [1.29, 1.82) is 0 Å². The van der Waals surface area contributed by atoms with Gasteiger partial charge in [0.2, 0.25) is 5.91 Å². The van der Waals surface area contributed by atoms with Crippen LogP contribution in [0.2, 0.25) is 0 Å². The minimum atomic E-state index is -2.93. The van der Waals surface area contributed by atoms with Crippen molar-refractivity contribution in [2.75, 3.05) is 18.8 Å². The largest absolute Gasteiger partial charge is 0.354 e. The Morgan fingerprint density at radius 2 is 2.00 bits per heavy atom. The Kier molecular flexibility index (Phi) is 5.59. The highest BCUT2D eigenvalue weighted by atomic mass is 32.2. The molecule has 106 valence electrons. The van der Waals surface area contributed by atoms with E-state index in [2.05, 4.69) is 10.6 Å². The van der Waals surface area contributed by atoms with Crippen LogP contribution in [0.3, 0.4) is 0 Å². The second-order valence-corrected chi connectivity index (χ2v) is 7.80. The van der Waals surface area contributed by atoms with Crippen LogP contribution in [-0.2, 0) is 14.6 Å². The number of nitrogens with one attached hydrogen (secondary N) is 2. The number of amides is 1. The fourth-order valence-corrected chi connectivity index (χ4v) is 3.72. The third-order valence-corrected chi connectivity index (χ3v) is 5.47. The van der Waals surface area contributed by atoms with Crippen molar-refractivity contribution in [1.82, 2.24) is 10.6 Å². The molecule has 1 aliphatic heterocycles. The van der Waals surface area contributed by atoms with Crippen LogP contribution in [-0.4, -0.2) is 44.5 Å². The highest BCUT2D eigenvalue weighted by Crippen LogP contribution is 2.19. The SMILES string of the molecule is CC(C)CNC(=O)C(C)NCC1CCCS1(=O)=O. The minimum absolute atomic E-state index is 0.0703. The number of carbonyl (C=O) groups is 1. The third kappa shape index (κ3) is 4.57. The Morgan fingerprint density at radius 3 is 2.50 bits per heavy atom. The smallest absolute Gasteiger partial charge is 0.236 e. The predicted octanol–water partition coefficient (Wildman–Crippen LogP) is 0.314. The lowest BCUT2D eigenvalue weighted by molar-refractivity contribution is -0.122. The summed E-state index contributed by atoms with van der Waals surface area (Å²) >= 11 is 0. The summed E-state index contributed by atoms with van der Waals surface area (Å²) in [5.41, 5.74) is 0. The number of rotatable bonds is 6. The number of carbonyl (C=O) groups excluding carboxylic acids is 1. The molecule has 0 bridgehead atoms. The van der Waals surface area contributed by atoms with Gasteiger partial charge in [0, 0.05) is 13.1 Å². The standard InChI is InChI=1S/C12H24N2O3S/c1-9(2)7-14-12(15)10(3)13-8-11-5-4-6-18(11,16)17/h9-11,13H,4-8H2,1-3H3,(H,14,15). The Hall–Kier alpha value is -0.620. The van der Waals surface area contributed by atoms with Crippen molar-refractivity contribution in [3.8, 4) is 0 Å². The number of sulfone groups is 1. The topological polar surface area (TPSA) is 75.3 Å². The highest BCUT2D eigenvalue weighted by Gasteiger charge is 2.31. The zero-order chi connectivity index (χ0) is 13.8. The average Bonchev–Trinajstić information content (AvgIpc) is 2.62. The van der Waals surface area contributed by atoms with Crippen LogP contribution in [0.4, 0.5) is 0 Å². The molecule has 0 aromatic rings. The summed E-state index contributed by atoms with van der Waals surface area (Å²) in [6.45, 7) is 6.84. The van der Waals surface area contributed by atoms with Gasteiger partial charge in [-0.25, -0.2) is 8.42 Å². The normalized spacial score (nSPS) is 24.1. The van der Waals surface area contributed by atoms with Gasteiger partial charge in [0.05, 0.1) is 17.0 Å². The van der Waals surface area contributed by atoms with Gasteiger partial charge < -0.3 is 10.6 Å². The third-order valence-electron chi connectivity index (χ3n) is 3.19. The lowest BCUT2D eigenvalue weighted by Gasteiger charge is -2.17. The molecular formula is C12H24N2O3S. The van der Waals surface area contributed by atoms with E-state index in [1.165, 1.54) is 0 Å². The van der Waals surface area contributed by atoms with Crippen LogP contribution in [0, 0.1) is 5.92 Å². The van der Waals surface area contributed by atoms with Gasteiger partial charge in [0.15, 0.2) is 9.84 Å². The zero-order valence-corrected chi connectivity index (χ0v) is 12.2. The zero-order valence-electron chi connectivity index (χ0n) is 11.4. The molecule has 1 saturated heterocycles. The van der Waals surface area contributed by atoms with E-state index in [-0.39, 0.29) is 23.0 Å². The fourth-order valence-electron chi connectivity index (χ4n) is 1.95. The van der Waals surface area contributed by atoms with Crippen LogP contribution >= 0.6 is 0 Å². The van der Waals surface area contributed by atoms with Crippen LogP contribution in [0.1, 0.15) is 33.6 Å². The maximum atomic E-state index is 11.7. The summed E-state index contributed by atoms with van der Waals surface area (Å²) in [4.78, 5) is 11.7. The van der Waals surface area contributed by atoms with Gasteiger partial charge in [-0.05, 0) is 25.7 Å². The first-order valence-electron chi connectivity index (χ1n) is 6.55. The van der Waals surface area contributed by atoms with E-state index in [0.717, 1.165) is 6.42 Å². The molecule has 0 spiro atoms. The molecule has 1 fully saturated rings. The first-order valence-corrected chi connectivity index (χ1v) is 8.27. The second-order valence-electron chi connectivity index (χ2n) is 5.40. The summed E-state index contributed by atoms with van der Waals surface area (Å²) in [6.07, 6.45) is 1.44. The first-order chi connectivity index (χ1) is 8.33. The molecule has 0 radical (unpaired) electrons. The first kappa shape index (κ1) is 15.4. The van der Waals surface area contributed by atoms with E-state index in [1.54, 1.807) is 6.92 Å². The fraction of sp³-hybridized carbons (Fsp3) is 0.917. The molecule has 1 heterocycles. The molecule has 1 aliphatic rings. The predicted molar refractivity (Wildman–Crippen MR) is 72.1 cm³/mol. The molecule has 2 N–H and O–H groups in total. The lowest BCUT2D eigenvalue weighted by atomic mass is 10.2. The van der Waals surface area contributed by atoms with Gasteiger partial charge in [-0.15, -0.1) is 0 Å². The van der Waals surface area contributed by atoms with Crippen LogP contribution in [0.25, 0.3) is 0 Å². The van der Waals surface area contributed by atoms with Gasteiger partial charge in [-0.2, -0.15) is 0 Å². The van der Waals surface area contributed by atoms with Crippen LogP contribution < -0.4 is 10.6 Å². The highest BCUT2D eigenvalue weighted by molar-refractivity contribution is 7.92. The van der Waals surface area contributed by atoms with Crippen LogP contribution in [0.5, 0.6) is 0 Å². The summed E-state index contributed by atoms with van der Waals surface area (Å²) in [5, 5.41) is 5.52. The number of hydrogen-bond donors (Lipinski definition) is 2. The maximum Gasteiger partial charge on any atom is 0.236 e. The van der Waals surface area contributed by atoms with Gasteiger partial charge in [-0.3, -0.25) is 4.79 Å². The molecule has 0 aromatic carbocycles. The van der Waals surface area contributed by atoms with Crippen LogP contribution in [0.15, 0.2) is 0 Å². The molecule has 5 nitrogen and oxygen atoms in total. The molecule has 2 atom stereocenters. The molecule has 1 rings (SSSR count). The summed E-state index contributed by atoms with van der Waals surface area (Å²) < 4.78 is 23.2. The van der Waals surface area contributed by atoms with Crippen molar-refractivity contribution >= 4 is 15.7 Å². The van der Waals surface area contributed by atoms with E-state index in [1.807, 2.05) is 13.8 Å². The summed E-state index contributed by atoms with van der Waals surface area (Å²) in [6, 6.07) is -0.348. The molecular weight excluding hydrogens is 252 g/mol. The van der Waals surface area contributed by atoms with Gasteiger partial charge in [0.1, 0.15) is 0 Å². The number of hydrogen-bond acceptors (Lipinski definition) is 4. The minimum Gasteiger partial charge on any atom is -0.354 e. The van der Waals surface area contributed by atoms with E-state index in [9.17, 15) is 13.2 Å². The Bertz CT molecular complexity index is 379. The van der Waals surface area contributed by atoms with E-state index < -0.39 is 9.84 Å². The quantitative estimate of drug-likeness (QED) is 0.732. The Labute approximate surface area is 110 Å². The molecule has 18 heavy (non-hydrogen) atoms. The Morgan fingerprint density at radius 1 is 1.33 bits per heavy atom. The molecule has 2 unspecified atom stereocenters. The van der Waals surface area contributed by atoms with Crippen molar-refractivity contribution < 1.29 is 13.2 Å². The van der Waals surface area contributed by atoms with E-state index in [4.69, 9.17) is 0 Å². The van der Waals surface area contributed by atoms with Crippen molar-refractivity contribution in [3.63, 3.8) is 0 Å². The monoisotopic (exact) mass is 276 g/mol. The van der Waals surface area contributed by atoms with E-state index in [0.29, 0.717) is 25.4 Å².